The first-order valence-corrected chi connectivity index (χ1v) is 28.5. The molecular weight excluding hydrogens is 1220 g/mol. The summed E-state index contributed by atoms with van der Waals surface area (Å²) in [5, 5.41) is 4.16. The Balaban J connectivity index is 0.00000773. The first kappa shape index (κ1) is 47.3. The van der Waals surface area contributed by atoms with E-state index in [0.717, 1.165) is 82.6 Å². The molecule has 85 heavy (non-hydrogen) atoms. The number of aromatic nitrogens is 5. The van der Waals surface area contributed by atoms with Crippen molar-refractivity contribution >= 4 is 54.6 Å². The molecule has 0 aliphatic carbocycles. The van der Waals surface area contributed by atoms with Crippen LogP contribution in [0.2, 0.25) is 0 Å². The summed E-state index contributed by atoms with van der Waals surface area (Å²) in [6, 6.07) is 72.0. The summed E-state index contributed by atoms with van der Waals surface area (Å²) >= 11 is 0. The smallest absolute Gasteiger partial charge is 0.268 e. The van der Waals surface area contributed by atoms with Crippen molar-refractivity contribution in [2.45, 2.75) is 78.0 Å². The molecule has 7 heteroatoms. The maximum absolute atomic E-state index is 9.76. The summed E-state index contributed by atoms with van der Waals surface area (Å²) in [5.74, 6) is 1.32. The molecular formula is C78H65N5OPt-2. The van der Waals surface area contributed by atoms with E-state index >= 15 is 0 Å². The van der Waals surface area contributed by atoms with Crippen LogP contribution in [-0.4, -0.2) is 18.7 Å². The molecule has 0 atom stereocenters. The average Bonchev–Trinajstić information content (AvgIpc) is 1.46. The summed E-state index contributed by atoms with van der Waals surface area (Å²) in [5.41, 5.74) is 11.9. The van der Waals surface area contributed by atoms with Gasteiger partial charge in [0.15, 0.2) is 0 Å². The number of pyridine rings is 1. The predicted molar refractivity (Wildman–Crippen MR) is 346 cm³/mol. The van der Waals surface area contributed by atoms with E-state index in [1.165, 1.54) is 0 Å². The molecule has 420 valence electrons. The van der Waals surface area contributed by atoms with Crippen LogP contribution in [0.15, 0.2) is 237 Å². The van der Waals surface area contributed by atoms with Gasteiger partial charge in [0.1, 0.15) is 5.82 Å². The van der Waals surface area contributed by atoms with Crippen LogP contribution >= 0.6 is 0 Å². The van der Waals surface area contributed by atoms with E-state index in [-0.39, 0.29) is 49.5 Å². The van der Waals surface area contributed by atoms with Crippen molar-refractivity contribution in [1.82, 2.24) is 18.7 Å². The zero-order chi connectivity index (χ0) is 63.6. The molecule has 0 unspecified atom stereocenters. The first-order valence-electron chi connectivity index (χ1n) is 32.0. The third-order valence-corrected chi connectivity index (χ3v) is 16.2. The number of rotatable bonds is 11. The second kappa shape index (κ2) is 21.5. The largest absolute Gasteiger partial charge is 0.510 e. The van der Waals surface area contributed by atoms with Gasteiger partial charge < -0.3 is 18.4 Å². The number of imidazole rings is 1. The van der Waals surface area contributed by atoms with Crippen molar-refractivity contribution in [3.8, 4) is 56.6 Å². The van der Waals surface area contributed by atoms with Crippen LogP contribution in [0.4, 0.5) is 0 Å². The minimum atomic E-state index is -1.82. The van der Waals surface area contributed by atoms with Gasteiger partial charge in [-0.05, 0) is 121 Å². The summed E-state index contributed by atoms with van der Waals surface area (Å²) < 4.78 is 79.4. The number of nitrogens with zero attached hydrogens (tertiary/aromatic N) is 5. The Labute approximate surface area is 522 Å². The third-order valence-electron chi connectivity index (χ3n) is 16.2. The predicted octanol–water partition coefficient (Wildman–Crippen LogP) is 19.1. The van der Waals surface area contributed by atoms with Crippen LogP contribution in [0.25, 0.3) is 99.8 Å². The van der Waals surface area contributed by atoms with Crippen LogP contribution in [0.5, 0.6) is 11.5 Å². The van der Waals surface area contributed by atoms with Gasteiger partial charge in [0, 0.05) is 63.5 Å². The molecule has 0 aliphatic heterocycles. The Morgan fingerprint density at radius 2 is 1.14 bits per heavy atom. The van der Waals surface area contributed by atoms with E-state index in [0.29, 0.717) is 45.3 Å². The van der Waals surface area contributed by atoms with Crippen molar-refractivity contribution in [3.05, 3.63) is 277 Å². The van der Waals surface area contributed by atoms with Crippen LogP contribution in [0.1, 0.15) is 87.2 Å². The molecule has 14 aromatic rings. The van der Waals surface area contributed by atoms with Gasteiger partial charge in [-0.25, -0.2) is 4.98 Å². The molecule has 6 nitrogen and oxygen atoms in total. The zero-order valence-corrected chi connectivity index (χ0v) is 50.9. The quantitative estimate of drug-likeness (QED) is 0.0956. The van der Waals surface area contributed by atoms with Crippen LogP contribution in [0, 0.1) is 18.5 Å². The second-order valence-electron chi connectivity index (χ2n) is 24.3. The fourth-order valence-corrected chi connectivity index (χ4v) is 11.9. The van der Waals surface area contributed by atoms with Gasteiger partial charge in [-0.2, -0.15) is 18.2 Å². The van der Waals surface area contributed by atoms with Gasteiger partial charge in [-0.3, -0.25) is 4.57 Å². The Bertz CT molecular complexity index is 5150. The van der Waals surface area contributed by atoms with E-state index in [4.69, 9.17) is 13.8 Å². The van der Waals surface area contributed by atoms with E-state index in [1.54, 1.807) is 12.3 Å². The van der Waals surface area contributed by atoms with Crippen molar-refractivity contribution in [1.29, 1.82) is 0 Å². The third kappa shape index (κ3) is 10.1. The van der Waals surface area contributed by atoms with Gasteiger partial charge >= 0.3 is 0 Å². The van der Waals surface area contributed by atoms with Gasteiger partial charge in [-0.15, -0.1) is 29.7 Å². The molecule has 0 bridgehead atoms. The van der Waals surface area contributed by atoms with Crippen LogP contribution < -0.4 is 9.30 Å². The summed E-state index contributed by atoms with van der Waals surface area (Å²) in [7, 11) is 0. The van der Waals surface area contributed by atoms with Crippen molar-refractivity contribution < 1.29 is 40.0 Å². The maximum Gasteiger partial charge on any atom is 0.268 e. The Morgan fingerprint density at radius 1 is 0.518 bits per heavy atom. The SMILES string of the molecule is [2H]c1c([2H])c([2H])c(-c2cccc(-c3cc(C(C)(C)C)cc(C(C)(C)C)c3)c2-[n+]2[c-]n(-c3[c-]c(Oc4[c-]c5c(cc4)c4cc(-n6c7ccccc7c7ccccc76)ccc4n5-c4cc(C([2H])([2H])C(C)(C)c5ccccc5)ccn4)ccc3)c3ccccc32)c([2H])c1[2H].[Pt]. The number of hydrogen-bond donors (Lipinski definition) is 0. The van der Waals surface area contributed by atoms with Crippen molar-refractivity contribution in [2.75, 3.05) is 0 Å². The monoisotopic (exact) mass is 1290 g/mol. The van der Waals surface area contributed by atoms with Gasteiger partial charge in [0.2, 0.25) is 0 Å². The molecule has 0 aliphatic rings. The number of hydrogen-bond acceptors (Lipinski definition) is 2. The van der Waals surface area contributed by atoms with Gasteiger partial charge in [-0.1, -0.05) is 219 Å². The molecule has 0 radical (unpaired) electrons. The maximum atomic E-state index is 9.76. The van der Waals surface area contributed by atoms with Crippen LogP contribution in [0.3, 0.4) is 0 Å². The molecule has 4 aromatic heterocycles. The minimum absolute atomic E-state index is 0. The molecule has 4 heterocycles. The summed E-state index contributed by atoms with van der Waals surface area (Å²) in [6.07, 6.45) is 3.55. The Kier molecular flexibility index (Phi) is 12.0. The molecule has 14 rings (SSSR count). The number of benzene rings is 10. The van der Waals surface area contributed by atoms with Gasteiger partial charge in [0.25, 0.3) is 6.33 Å². The average molecular weight is 1290 g/mol. The molecule has 0 spiro atoms. The van der Waals surface area contributed by atoms with Gasteiger partial charge in [0.05, 0.1) is 34.6 Å². The molecule has 0 fully saturated rings. The number of ether oxygens (including phenoxy) is 1. The molecule has 0 saturated heterocycles. The zero-order valence-electron chi connectivity index (χ0n) is 55.6. The summed E-state index contributed by atoms with van der Waals surface area (Å²) in [6.45, 7) is 17.1. The van der Waals surface area contributed by atoms with Crippen molar-refractivity contribution in [2.24, 2.45) is 0 Å². The topological polar surface area (TPSA) is 40.8 Å². The molecule has 0 N–H and O–H groups in total. The van der Waals surface area contributed by atoms with E-state index in [1.807, 2.05) is 137 Å². The molecule has 10 aromatic carbocycles. The van der Waals surface area contributed by atoms with E-state index in [9.17, 15) is 5.48 Å². The fraction of sp³-hybridized carbons (Fsp3) is 0.154. The second-order valence-corrected chi connectivity index (χ2v) is 24.3. The normalized spacial score (nSPS) is 13.5. The van der Waals surface area contributed by atoms with E-state index in [2.05, 4.69) is 149 Å². The number of para-hydroxylation sites is 5. The molecule has 0 amide bonds. The Morgan fingerprint density at radius 3 is 1.85 bits per heavy atom. The summed E-state index contributed by atoms with van der Waals surface area (Å²) in [4.78, 5) is 4.98. The Hall–Kier alpha value is -9.09. The fourth-order valence-electron chi connectivity index (χ4n) is 11.9. The van der Waals surface area contributed by atoms with Crippen molar-refractivity contribution in [3.63, 3.8) is 0 Å². The van der Waals surface area contributed by atoms with Crippen LogP contribution in [-0.2, 0) is 43.7 Å². The number of fused-ring (bicyclic) bond motifs is 7. The first-order chi connectivity index (χ1) is 43.5. The standard InChI is InChI=1S/C78H65N5O.Pt/c1-76(2,3)56-44-54(45-57(46-56)77(4,5)6)63-32-22-31-62(53-23-11-9-12-24-53)75(63)81-51-80(71-35-19-20-36-72(71)81)58-27-21-28-60(47-58)84-61-38-39-66-67-48-59(82-68-33-17-15-29-64(68)65-30-16-18-34-69(65)82)37-40-70(67)83(73(66)49-61)74-43-52(41-42-79-74)50-78(7,8)55-25-13-10-14-26-55;/h9-46,48H,50H2,1-8H3;/q-2;/i9D,11D,12D,23D,24D,50D2;. The minimum Gasteiger partial charge on any atom is -0.510 e. The van der Waals surface area contributed by atoms with E-state index < -0.39 is 29.9 Å². The molecule has 0 saturated carbocycles.